The van der Waals surface area contributed by atoms with Crippen molar-refractivity contribution in [2.24, 2.45) is 5.92 Å². The molecule has 0 amide bonds. The van der Waals surface area contributed by atoms with E-state index in [9.17, 15) is 13.2 Å². The molecule has 6 nitrogen and oxygen atoms in total. The van der Waals surface area contributed by atoms with E-state index in [4.69, 9.17) is 9.84 Å². The number of carboxylic acid groups (broad SMARTS) is 1. The maximum absolute atomic E-state index is 11.9. The quantitative estimate of drug-likeness (QED) is 0.598. The molecular formula is C12H25NO5S. The van der Waals surface area contributed by atoms with Gasteiger partial charge in [-0.2, -0.15) is 0 Å². The van der Waals surface area contributed by atoms with Crippen LogP contribution >= 0.6 is 0 Å². The Morgan fingerprint density at radius 3 is 2.47 bits per heavy atom. The van der Waals surface area contributed by atoms with Crippen LogP contribution in [0.25, 0.3) is 0 Å². The summed E-state index contributed by atoms with van der Waals surface area (Å²) in [6.45, 7) is 6.41. The summed E-state index contributed by atoms with van der Waals surface area (Å²) >= 11 is 0. The Morgan fingerprint density at radius 2 is 2.00 bits per heavy atom. The lowest BCUT2D eigenvalue weighted by Gasteiger charge is -2.17. The molecule has 0 rings (SSSR count). The van der Waals surface area contributed by atoms with Crippen molar-refractivity contribution in [3.8, 4) is 0 Å². The van der Waals surface area contributed by atoms with Crippen LogP contribution in [0.15, 0.2) is 0 Å². The molecule has 0 aliphatic rings. The standard InChI is InChI=1S/C12H25NO5S/c1-4-6-7-11(12(14)15)13-19(16,17)9-10(3)8-18-5-2/h10-11,13H,4-9H2,1-3H3,(H,14,15)/t10?,11-/m0/s1. The minimum Gasteiger partial charge on any atom is -0.480 e. The van der Waals surface area contributed by atoms with Crippen LogP contribution in [0, 0.1) is 5.92 Å². The first-order chi connectivity index (χ1) is 8.82. The number of hydrogen-bond donors (Lipinski definition) is 2. The van der Waals surface area contributed by atoms with Gasteiger partial charge in [-0.05, 0) is 19.3 Å². The van der Waals surface area contributed by atoms with Gasteiger partial charge in [-0.15, -0.1) is 0 Å². The van der Waals surface area contributed by atoms with Gasteiger partial charge in [0.25, 0.3) is 0 Å². The number of ether oxygens (including phenoxy) is 1. The van der Waals surface area contributed by atoms with Crippen molar-refractivity contribution in [1.82, 2.24) is 4.72 Å². The number of carboxylic acids is 1. The van der Waals surface area contributed by atoms with E-state index in [1.54, 1.807) is 6.92 Å². The molecule has 114 valence electrons. The first-order valence-corrected chi connectivity index (χ1v) is 8.28. The Hall–Kier alpha value is -0.660. The van der Waals surface area contributed by atoms with Gasteiger partial charge >= 0.3 is 5.97 Å². The van der Waals surface area contributed by atoms with Crippen LogP contribution in [0.2, 0.25) is 0 Å². The maximum Gasteiger partial charge on any atom is 0.321 e. The Labute approximate surface area is 115 Å². The number of sulfonamides is 1. The van der Waals surface area contributed by atoms with Crippen molar-refractivity contribution in [3.63, 3.8) is 0 Å². The zero-order valence-electron chi connectivity index (χ0n) is 11.9. The van der Waals surface area contributed by atoms with Crippen molar-refractivity contribution in [2.45, 2.75) is 46.1 Å². The lowest BCUT2D eigenvalue weighted by molar-refractivity contribution is -0.139. The fraction of sp³-hybridized carbons (Fsp3) is 0.917. The average molecular weight is 295 g/mol. The van der Waals surface area contributed by atoms with Gasteiger partial charge in [0.05, 0.1) is 12.4 Å². The highest BCUT2D eigenvalue weighted by molar-refractivity contribution is 7.89. The third-order valence-electron chi connectivity index (χ3n) is 2.58. The first kappa shape index (κ1) is 18.3. The third-order valence-corrected chi connectivity index (χ3v) is 4.23. The van der Waals surface area contributed by atoms with Gasteiger partial charge in [-0.25, -0.2) is 13.1 Å². The van der Waals surface area contributed by atoms with Crippen molar-refractivity contribution < 1.29 is 23.1 Å². The van der Waals surface area contributed by atoms with Gasteiger partial charge in [0.15, 0.2) is 0 Å². The lowest BCUT2D eigenvalue weighted by Crippen LogP contribution is -2.43. The number of aliphatic carboxylic acids is 1. The molecule has 0 spiro atoms. The third kappa shape index (κ3) is 8.96. The summed E-state index contributed by atoms with van der Waals surface area (Å²) < 4.78 is 31.1. The fourth-order valence-electron chi connectivity index (χ4n) is 1.65. The Kier molecular flexibility index (Phi) is 8.95. The second-order valence-electron chi connectivity index (χ2n) is 4.70. The number of hydrogen-bond acceptors (Lipinski definition) is 4. The average Bonchev–Trinajstić information content (AvgIpc) is 2.30. The van der Waals surface area contributed by atoms with Crippen LogP contribution in [0.5, 0.6) is 0 Å². The van der Waals surface area contributed by atoms with Crippen molar-refractivity contribution >= 4 is 16.0 Å². The second kappa shape index (κ2) is 9.28. The predicted molar refractivity (Wildman–Crippen MR) is 73.5 cm³/mol. The Balaban J connectivity index is 4.41. The fourth-order valence-corrected chi connectivity index (χ4v) is 3.24. The minimum absolute atomic E-state index is 0.122. The summed E-state index contributed by atoms with van der Waals surface area (Å²) in [5.41, 5.74) is 0. The molecule has 0 saturated carbocycles. The van der Waals surface area contributed by atoms with Crippen LogP contribution in [-0.2, 0) is 19.6 Å². The first-order valence-electron chi connectivity index (χ1n) is 6.62. The summed E-state index contributed by atoms with van der Waals surface area (Å²) in [6, 6.07) is -1.04. The van der Waals surface area contributed by atoms with Gasteiger partial charge in [0, 0.05) is 6.61 Å². The molecule has 1 unspecified atom stereocenters. The molecule has 0 aromatic rings. The molecule has 0 aliphatic heterocycles. The van der Waals surface area contributed by atoms with Gasteiger partial charge in [0.2, 0.25) is 10.0 Å². The summed E-state index contributed by atoms with van der Waals surface area (Å²) in [5.74, 6) is -1.42. The summed E-state index contributed by atoms with van der Waals surface area (Å²) in [5, 5.41) is 8.99. The Morgan fingerprint density at radius 1 is 1.37 bits per heavy atom. The van der Waals surface area contributed by atoms with Gasteiger partial charge in [-0.3, -0.25) is 4.79 Å². The van der Waals surface area contributed by atoms with E-state index in [0.29, 0.717) is 26.1 Å². The highest BCUT2D eigenvalue weighted by atomic mass is 32.2. The maximum atomic E-state index is 11.9. The zero-order valence-corrected chi connectivity index (χ0v) is 12.7. The summed E-state index contributed by atoms with van der Waals surface area (Å²) in [6.07, 6.45) is 1.81. The predicted octanol–water partition coefficient (Wildman–Crippen LogP) is 1.22. The second-order valence-corrected chi connectivity index (χ2v) is 6.50. The zero-order chi connectivity index (χ0) is 14.9. The summed E-state index contributed by atoms with van der Waals surface area (Å²) in [7, 11) is -3.60. The molecule has 19 heavy (non-hydrogen) atoms. The van der Waals surface area contributed by atoms with E-state index >= 15 is 0 Å². The van der Waals surface area contributed by atoms with Crippen molar-refractivity contribution in [3.05, 3.63) is 0 Å². The topological polar surface area (TPSA) is 92.7 Å². The van der Waals surface area contributed by atoms with Gasteiger partial charge < -0.3 is 9.84 Å². The van der Waals surface area contributed by atoms with Gasteiger partial charge in [0.1, 0.15) is 6.04 Å². The molecule has 0 radical (unpaired) electrons. The monoisotopic (exact) mass is 295 g/mol. The smallest absolute Gasteiger partial charge is 0.321 e. The highest BCUT2D eigenvalue weighted by Crippen LogP contribution is 2.06. The SMILES string of the molecule is CCCC[C@H](NS(=O)(=O)CC(C)COCC)C(=O)O. The molecule has 0 heterocycles. The van der Waals surface area contributed by atoms with Crippen molar-refractivity contribution in [1.29, 1.82) is 0 Å². The number of carbonyl (C=O) groups is 1. The van der Waals surface area contributed by atoms with E-state index in [0.717, 1.165) is 6.42 Å². The van der Waals surface area contributed by atoms with E-state index in [2.05, 4.69) is 4.72 Å². The molecule has 0 aliphatic carbocycles. The molecule has 2 atom stereocenters. The van der Waals surface area contributed by atoms with Gasteiger partial charge in [-0.1, -0.05) is 26.7 Å². The highest BCUT2D eigenvalue weighted by Gasteiger charge is 2.24. The molecule has 0 bridgehead atoms. The molecule has 0 aromatic carbocycles. The normalized spacial score (nSPS) is 15.1. The van der Waals surface area contributed by atoms with E-state index in [1.807, 2.05) is 13.8 Å². The summed E-state index contributed by atoms with van der Waals surface area (Å²) in [4.78, 5) is 11.0. The largest absolute Gasteiger partial charge is 0.480 e. The number of unbranched alkanes of at least 4 members (excludes halogenated alkanes) is 1. The number of rotatable bonds is 11. The van der Waals surface area contributed by atoms with Crippen LogP contribution < -0.4 is 4.72 Å². The molecule has 0 aromatic heterocycles. The van der Waals surface area contributed by atoms with Crippen LogP contribution in [-0.4, -0.2) is 44.5 Å². The minimum atomic E-state index is -3.60. The molecule has 7 heteroatoms. The molecular weight excluding hydrogens is 270 g/mol. The Bertz CT molecular complexity index is 355. The molecule has 0 fully saturated rings. The number of nitrogens with one attached hydrogen (secondary N) is 1. The molecule has 0 saturated heterocycles. The molecule has 2 N–H and O–H groups in total. The van der Waals surface area contributed by atoms with E-state index in [-0.39, 0.29) is 11.7 Å². The van der Waals surface area contributed by atoms with Crippen LogP contribution in [0.4, 0.5) is 0 Å². The lowest BCUT2D eigenvalue weighted by atomic mass is 10.1. The van der Waals surface area contributed by atoms with E-state index < -0.39 is 22.0 Å². The van der Waals surface area contributed by atoms with Crippen LogP contribution in [0.3, 0.4) is 0 Å². The van der Waals surface area contributed by atoms with E-state index in [1.165, 1.54) is 0 Å². The van der Waals surface area contributed by atoms with Crippen molar-refractivity contribution in [2.75, 3.05) is 19.0 Å². The van der Waals surface area contributed by atoms with Crippen LogP contribution in [0.1, 0.15) is 40.0 Å².